The normalized spacial score (nSPS) is 10.8. The van der Waals surface area contributed by atoms with Crippen molar-refractivity contribution in [1.29, 1.82) is 0 Å². The molecule has 0 saturated heterocycles. The van der Waals surface area contributed by atoms with E-state index in [9.17, 15) is 9.59 Å². The van der Waals surface area contributed by atoms with Gasteiger partial charge in [-0.05, 0) is 42.7 Å². The van der Waals surface area contributed by atoms with Crippen LogP contribution >= 0.6 is 0 Å². The number of nitrogens with zero attached hydrogens (tertiary/aromatic N) is 3. The monoisotopic (exact) mass is 378 g/mol. The summed E-state index contributed by atoms with van der Waals surface area (Å²) in [5.74, 6) is 1.04. The van der Waals surface area contributed by atoms with Crippen molar-refractivity contribution in [3.05, 3.63) is 71.8 Å². The van der Waals surface area contributed by atoms with E-state index in [1.807, 2.05) is 54.9 Å². The Morgan fingerprint density at radius 3 is 2.61 bits per heavy atom. The SMILES string of the molecule is CN(C)C(=O)c1ccc(CCC(=O)NCCCc2ncc3ccccn23)cc1. The van der Waals surface area contributed by atoms with Crippen molar-refractivity contribution in [3.63, 3.8) is 0 Å². The Morgan fingerprint density at radius 2 is 1.86 bits per heavy atom. The topological polar surface area (TPSA) is 66.7 Å². The molecule has 0 aliphatic carbocycles. The van der Waals surface area contributed by atoms with E-state index in [4.69, 9.17) is 0 Å². The van der Waals surface area contributed by atoms with E-state index in [-0.39, 0.29) is 11.8 Å². The summed E-state index contributed by atoms with van der Waals surface area (Å²) < 4.78 is 2.08. The predicted molar refractivity (Wildman–Crippen MR) is 109 cm³/mol. The third kappa shape index (κ3) is 4.97. The standard InChI is InChI=1S/C22H26N4O2/c1-25(2)22(28)18-11-8-17(9-12-18)10-13-21(27)23-14-5-7-20-24-16-19-6-3-4-15-26(19)20/h3-4,6,8-9,11-12,15-16H,5,7,10,13-14H2,1-2H3,(H,23,27). The minimum Gasteiger partial charge on any atom is -0.356 e. The van der Waals surface area contributed by atoms with Crippen LogP contribution in [0.4, 0.5) is 0 Å². The molecule has 0 fully saturated rings. The summed E-state index contributed by atoms with van der Waals surface area (Å²) in [7, 11) is 3.46. The smallest absolute Gasteiger partial charge is 0.253 e. The first-order chi connectivity index (χ1) is 13.5. The molecule has 6 nitrogen and oxygen atoms in total. The molecule has 6 heteroatoms. The Morgan fingerprint density at radius 1 is 1.07 bits per heavy atom. The largest absolute Gasteiger partial charge is 0.356 e. The molecule has 0 aliphatic rings. The molecule has 1 aromatic carbocycles. The second-order valence-electron chi connectivity index (χ2n) is 7.02. The maximum absolute atomic E-state index is 12.1. The van der Waals surface area contributed by atoms with Crippen LogP contribution in [0.15, 0.2) is 54.9 Å². The summed E-state index contributed by atoms with van der Waals surface area (Å²) in [5, 5.41) is 2.97. The highest BCUT2D eigenvalue weighted by molar-refractivity contribution is 5.93. The number of aryl methyl sites for hydroxylation is 2. The molecule has 0 spiro atoms. The molecular formula is C22H26N4O2. The van der Waals surface area contributed by atoms with Gasteiger partial charge >= 0.3 is 0 Å². The third-order valence-electron chi connectivity index (χ3n) is 4.66. The summed E-state index contributed by atoms with van der Waals surface area (Å²) in [5.41, 5.74) is 2.79. The number of nitrogens with one attached hydrogen (secondary N) is 1. The average Bonchev–Trinajstić information content (AvgIpc) is 3.12. The van der Waals surface area contributed by atoms with Gasteiger partial charge in [-0.1, -0.05) is 18.2 Å². The number of hydrogen-bond donors (Lipinski definition) is 1. The highest BCUT2D eigenvalue weighted by atomic mass is 16.2. The van der Waals surface area contributed by atoms with Gasteiger partial charge in [0.05, 0.1) is 11.7 Å². The highest BCUT2D eigenvalue weighted by Gasteiger charge is 2.08. The molecule has 28 heavy (non-hydrogen) atoms. The fourth-order valence-corrected chi connectivity index (χ4v) is 3.08. The molecule has 0 aliphatic heterocycles. The van der Waals surface area contributed by atoms with Crippen LogP contribution in [-0.4, -0.2) is 46.7 Å². The summed E-state index contributed by atoms with van der Waals surface area (Å²) in [6.07, 6.45) is 6.64. The number of carbonyl (C=O) groups is 2. The van der Waals surface area contributed by atoms with Crippen molar-refractivity contribution in [2.45, 2.75) is 25.7 Å². The van der Waals surface area contributed by atoms with Gasteiger partial charge in [0.25, 0.3) is 5.91 Å². The molecule has 0 atom stereocenters. The highest BCUT2D eigenvalue weighted by Crippen LogP contribution is 2.09. The molecule has 3 aromatic rings. The number of hydrogen-bond acceptors (Lipinski definition) is 3. The van der Waals surface area contributed by atoms with Crippen LogP contribution in [0, 0.1) is 0 Å². The first-order valence-corrected chi connectivity index (χ1v) is 9.53. The van der Waals surface area contributed by atoms with Crippen LogP contribution in [0.1, 0.15) is 34.6 Å². The van der Waals surface area contributed by atoms with Crippen molar-refractivity contribution in [2.75, 3.05) is 20.6 Å². The number of aromatic nitrogens is 2. The van der Waals surface area contributed by atoms with Crippen LogP contribution in [-0.2, 0) is 17.6 Å². The summed E-state index contributed by atoms with van der Waals surface area (Å²) >= 11 is 0. The Kier molecular flexibility index (Phi) is 6.42. The quantitative estimate of drug-likeness (QED) is 0.613. The van der Waals surface area contributed by atoms with Crippen molar-refractivity contribution >= 4 is 17.3 Å². The van der Waals surface area contributed by atoms with Gasteiger partial charge in [-0.25, -0.2) is 4.98 Å². The van der Waals surface area contributed by atoms with E-state index < -0.39 is 0 Å². The van der Waals surface area contributed by atoms with Crippen molar-refractivity contribution in [1.82, 2.24) is 19.6 Å². The minimum atomic E-state index is -0.0189. The van der Waals surface area contributed by atoms with Crippen molar-refractivity contribution < 1.29 is 9.59 Å². The number of carbonyl (C=O) groups excluding carboxylic acids is 2. The maximum Gasteiger partial charge on any atom is 0.253 e. The zero-order valence-corrected chi connectivity index (χ0v) is 16.4. The van der Waals surface area contributed by atoms with E-state index in [2.05, 4.69) is 14.7 Å². The van der Waals surface area contributed by atoms with Crippen molar-refractivity contribution in [2.24, 2.45) is 0 Å². The van der Waals surface area contributed by atoms with Gasteiger partial charge in [0.1, 0.15) is 5.82 Å². The van der Waals surface area contributed by atoms with Crippen LogP contribution < -0.4 is 5.32 Å². The maximum atomic E-state index is 12.1. The Labute approximate surface area is 165 Å². The zero-order valence-electron chi connectivity index (χ0n) is 16.4. The fourth-order valence-electron chi connectivity index (χ4n) is 3.08. The first kappa shape index (κ1) is 19.6. The summed E-state index contributed by atoms with van der Waals surface area (Å²) in [4.78, 5) is 29.9. The molecule has 3 rings (SSSR count). The minimum absolute atomic E-state index is 0.0189. The van der Waals surface area contributed by atoms with E-state index in [1.165, 1.54) is 0 Å². The van der Waals surface area contributed by atoms with Gasteiger partial charge in [0.2, 0.25) is 5.91 Å². The number of benzene rings is 1. The van der Waals surface area contributed by atoms with Crippen LogP contribution in [0.5, 0.6) is 0 Å². The molecule has 1 N–H and O–H groups in total. The molecule has 2 aromatic heterocycles. The van der Waals surface area contributed by atoms with Gasteiger partial charge in [0, 0.05) is 45.2 Å². The van der Waals surface area contributed by atoms with Crippen LogP contribution in [0.25, 0.3) is 5.52 Å². The molecule has 2 amide bonds. The number of fused-ring (bicyclic) bond motifs is 1. The molecule has 0 bridgehead atoms. The Hall–Kier alpha value is -3.15. The number of imidazole rings is 1. The number of amides is 2. The average molecular weight is 378 g/mol. The molecule has 0 radical (unpaired) electrons. The lowest BCUT2D eigenvalue weighted by molar-refractivity contribution is -0.121. The van der Waals surface area contributed by atoms with Crippen LogP contribution in [0.2, 0.25) is 0 Å². The summed E-state index contributed by atoms with van der Waals surface area (Å²) in [6.45, 7) is 0.636. The molecule has 146 valence electrons. The van der Waals surface area contributed by atoms with Gasteiger partial charge in [-0.2, -0.15) is 0 Å². The zero-order chi connectivity index (χ0) is 19.9. The Balaban J connectivity index is 1.38. The number of pyridine rings is 1. The lowest BCUT2D eigenvalue weighted by Crippen LogP contribution is -2.25. The molecule has 0 saturated carbocycles. The lowest BCUT2D eigenvalue weighted by Gasteiger charge is -2.10. The predicted octanol–water partition coefficient (Wildman–Crippen LogP) is 2.72. The van der Waals surface area contributed by atoms with Crippen LogP contribution in [0.3, 0.4) is 0 Å². The van der Waals surface area contributed by atoms with E-state index in [1.54, 1.807) is 19.0 Å². The fraction of sp³-hybridized carbons (Fsp3) is 0.318. The first-order valence-electron chi connectivity index (χ1n) is 9.53. The van der Waals surface area contributed by atoms with Crippen molar-refractivity contribution in [3.8, 4) is 0 Å². The van der Waals surface area contributed by atoms with E-state index in [0.29, 0.717) is 24.9 Å². The second kappa shape index (κ2) is 9.17. The van der Waals surface area contributed by atoms with Gasteiger partial charge in [0.15, 0.2) is 0 Å². The summed E-state index contributed by atoms with van der Waals surface area (Å²) in [6, 6.07) is 13.5. The van der Waals surface area contributed by atoms with Gasteiger partial charge in [-0.15, -0.1) is 0 Å². The lowest BCUT2D eigenvalue weighted by atomic mass is 10.1. The Bertz CT molecular complexity index is 945. The molecular weight excluding hydrogens is 352 g/mol. The molecule has 2 heterocycles. The molecule has 0 unspecified atom stereocenters. The second-order valence-corrected chi connectivity index (χ2v) is 7.02. The third-order valence-corrected chi connectivity index (χ3v) is 4.66. The number of rotatable bonds is 8. The van der Waals surface area contributed by atoms with Gasteiger partial charge in [-0.3, -0.25) is 9.59 Å². The van der Waals surface area contributed by atoms with E-state index >= 15 is 0 Å². The van der Waals surface area contributed by atoms with E-state index in [0.717, 1.165) is 29.7 Å². The van der Waals surface area contributed by atoms with Gasteiger partial charge < -0.3 is 14.6 Å².